The topological polar surface area (TPSA) is 84.6 Å². The Balaban J connectivity index is 2.63. The molecule has 0 aliphatic rings. The second-order valence-electron chi connectivity index (χ2n) is 5.86. The molecule has 0 heterocycles. The summed E-state index contributed by atoms with van der Waals surface area (Å²) in [7, 11) is 0. The highest BCUT2D eigenvalue weighted by atomic mass is 16.6. The smallest absolute Gasteiger partial charge is 0.407 e. The van der Waals surface area contributed by atoms with Crippen molar-refractivity contribution in [2.75, 3.05) is 13.1 Å². The molecule has 1 atom stereocenters. The van der Waals surface area contributed by atoms with E-state index in [0.29, 0.717) is 13.1 Å². The van der Waals surface area contributed by atoms with E-state index in [0.717, 1.165) is 11.1 Å². The summed E-state index contributed by atoms with van der Waals surface area (Å²) in [5.41, 5.74) is 6.91. The Hall–Kier alpha value is -1.75. The molecule has 0 aliphatic carbocycles. The number of carbonyl (C=O) groups is 1. The number of aryl methyl sites for hydroxylation is 1. The van der Waals surface area contributed by atoms with Gasteiger partial charge in [0.1, 0.15) is 11.4 Å². The first-order valence-electron chi connectivity index (χ1n) is 6.69. The van der Waals surface area contributed by atoms with E-state index in [4.69, 9.17) is 10.5 Å². The first-order valence-corrected chi connectivity index (χ1v) is 6.69. The van der Waals surface area contributed by atoms with Gasteiger partial charge in [0.05, 0.1) is 0 Å². The number of rotatable bonds is 4. The van der Waals surface area contributed by atoms with Gasteiger partial charge in [-0.1, -0.05) is 12.1 Å². The van der Waals surface area contributed by atoms with E-state index in [1.165, 1.54) is 0 Å². The Morgan fingerprint density at radius 2 is 2.10 bits per heavy atom. The highest BCUT2D eigenvalue weighted by molar-refractivity contribution is 5.67. The van der Waals surface area contributed by atoms with Crippen LogP contribution in [0.3, 0.4) is 0 Å². The SMILES string of the molecule is Cc1ccc(C(CN)CNC(=O)OC(C)(C)C)cc1O. The quantitative estimate of drug-likeness (QED) is 0.790. The minimum Gasteiger partial charge on any atom is -0.508 e. The van der Waals surface area contributed by atoms with Gasteiger partial charge in [0, 0.05) is 19.0 Å². The predicted molar refractivity (Wildman–Crippen MR) is 78.9 cm³/mol. The van der Waals surface area contributed by atoms with Crippen molar-refractivity contribution in [1.82, 2.24) is 5.32 Å². The van der Waals surface area contributed by atoms with Crippen molar-refractivity contribution < 1.29 is 14.6 Å². The molecule has 1 aromatic rings. The van der Waals surface area contributed by atoms with Crippen LogP contribution >= 0.6 is 0 Å². The molecule has 5 nitrogen and oxygen atoms in total. The van der Waals surface area contributed by atoms with E-state index in [-0.39, 0.29) is 11.7 Å². The molecule has 0 radical (unpaired) electrons. The van der Waals surface area contributed by atoms with E-state index in [1.54, 1.807) is 6.07 Å². The molecule has 20 heavy (non-hydrogen) atoms. The van der Waals surface area contributed by atoms with Crippen LogP contribution < -0.4 is 11.1 Å². The second-order valence-corrected chi connectivity index (χ2v) is 5.86. The number of nitrogens with two attached hydrogens (primary N) is 1. The molecule has 1 aromatic carbocycles. The molecule has 0 aliphatic heterocycles. The molecule has 0 aromatic heterocycles. The van der Waals surface area contributed by atoms with Crippen LogP contribution in [0.25, 0.3) is 0 Å². The lowest BCUT2D eigenvalue weighted by Crippen LogP contribution is -2.36. The van der Waals surface area contributed by atoms with Gasteiger partial charge >= 0.3 is 6.09 Å². The third kappa shape index (κ3) is 5.09. The Morgan fingerprint density at radius 3 is 2.60 bits per heavy atom. The van der Waals surface area contributed by atoms with Crippen molar-refractivity contribution in [2.24, 2.45) is 5.73 Å². The van der Waals surface area contributed by atoms with Crippen molar-refractivity contribution in [1.29, 1.82) is 0 Å². The molecular weight excluding hydrogens is 256 g/mol. The van der Waals surface area contributed by atoms with E-state index in [9.17, 15) is 9.90 Å². The van der Waals surface area contributed by atoms with Crippen molar-refractivity contribution >= 4 is 6.09 Å². The van der Waals surface area contributed by atoms with Crippen LogP contribution in [0.1, 0.15) is 37.8 Å². The number of hydrogen-bond acceptors (Lipinski definition) is 4. The second kappa shape index (κ2) is 6.61. The molecule has 1 unspecified atom stereocenters. The van der Waals surface area contributed by atoms with Gasteiger partial charge in [-0.25, -0.2) is 4.79 Å². The van der Waals surface area contributed by atoms with Crippen LogP contribution in [0.15, 0.2) is 18.2 Å². The molecule has 1 rings (SSSR count). The lowest BCUT2D eigenvalue weighted by atomic mass is 9.97. The average molecular weight is 280 g/mol. The van der Waals surface area contributed by atoms with Gasteiger partial charge in [0.15, 0.2) is 0 Å². The van der Waals surface area contributed by atoms with Gasteiger partial charge in [-0.05, 0) is 44.9 Å². The minimum atomic E-state index is -0.523. The molecule has 1 amide bonds. The summed E-state index contributed by atoms with van der Waals surface area (Å²) >= 11 is 0. The molecule has 5 heteroatoms. The number of alkyl carbamates (subject to hydrolysis) is 1. The standard InChI is InChI=1S/C15H24N2O3/c1-10-5-6-11(7-13(10)18)12(8-16)9-17-14(19)20-15(2,3)4/h5-7,12,18H,8-9,16H2,1-4H3,(H,17,19). The molecule has 0 saturated carbocycles. The maximum atomic E-state index is 11.6. The lowest BCUT2D eigenvalue weighted by Gasteiger charge is -2.21. The number of hydrogen-bond donors (Lipinski definition) is 3. The van der Waals surface area contributed by atoms with Gasteiger partial charge in [-0.2, -0.15) is 0 Å². The first kappa shape index (κ1) is 16.3. The zero-order valence-electron chi connectivity index (χ0n) is 12.6. The number of ether oxygens (including phenoxy) is 1. The Kier molecular flexibility index (Phi) is 5.39. The van der Waals surface area contributed by atoms with Crippen LogP contribution in [0.2, 0.25) is 0 Å². The van der Waals surface area contributed by atoms with Crippen molar-refractivity contribution in [3.63, 3.8) is 0 Å². The van der Waals surface area contributed by atoms with Crippen LogP contribution in [0.4, 0.5) is 4.79 Å². The fraction of sp³-hybridized carbons (Fsp3) is 0.533. The van der Waals surface area contributed by atoms with Crippen molar-refractivity contribution in [3.05, 3.63) is 29.3 Å². The maximum absolute atomic E-state index is 11.6. The van der Waals surface area contributed by atoms with E-state index < -0.39 is 11.7 Å². The van der Waals surface area contributed by atoms with Gasteiger partial charge in [-0.15, -0.1) is 0 Å². The van der Waals surface area contributed by atoms with Crippen LogP contribution in [-0.4, -0.2) is 29.9 Å². The molecule has 0 saturated heterocycles. The molecule has 0 bridgehead atoms. The number of benzene rings is 1. The van der Waals surface area contributed by atoms with Crippen molar-refractivity contribution in [3.8, 4) is 5.75 Å². The zero-order valence-corrected chi connectivity index (χ0v) is 12.6. The fourth-order valence-electron chi connectivity index (χ4n) is 1.74. The summed E-state index contributed by atoms with van der Waals surface area (Å²) in [6.45, 7) is 8.00. The van der Waals surface area contributed by atoms with E-state index >= 15 is 0 Å². The summed E-state index contributed by atoms with van der Waals surface area (Å²) in [6, 6.07) is 5.42. The predicted octanol–water partition coefficient (Wildman–Crippen LogP) is 2.27. The maximum Gasteiger partial charge on any atom is 0.407 e. The Morgan fingerprint density at radius 1 is 1.45 bits per heavy atom. The normalized spacial score (nSPS) is 12.8. The first-order chi connectivity index (χ1) is 9.23. The van der Waals surface area contributed by atoms with Gasteiger partial charge in [0.25, 0.3) is 0 Å². The average Bonchev–Trinajstić information content (AvgIpc) is 2.32. The zero-order chi connectivity index (χ0) is 15.3. The number of phenolic OH excluding ortho intramolecular Hbond substituents is 1. The fourth-order valence-corrected chi connectivity index (χ4v) is 1.74. The van der Waals surface area contributed by atoms with Crippen LogP contribution in [-0.2, 0) is 4.74 Å². The number of amides is 1. The van der Waals surface area contributed by atoms with Gasteiger partial charge in [0.2, 0.25) is 0 Å². The van der Waals surface area contributed by atoms with Crippen molar-refractivity contribution in [2.45, 2.75) is 39.2 Å². The summed E-state index contributed by atoms with van der Waals surface area (Å²) < 4.78 is 5.17. The van der Waals surface area contributed by atoms with Crippen LogP contribution in [0.5, 0.6) is 5.75 Å². The Labute approximate surface area is 120 Å². The minimum absolute atomic E-state index is 0.0611. The van der Waals surface area contributed by atoms with Gasteiger partial charge < -0.3 is 20.9 Å². The highest BCUT2D eigenvalue weighted by Gasteiger charge is 2.18. The third-order valence-electron chi connectivity index (χ3n) is 2.88. The summed E-state index contributed by atoms with van der Waals surface area (Å²) in [5, 5.41) is 12.4. The molecule has 0 spiro atoms. The highest BCUT2D eigenvalue weighted by Crippen LogP contribution is 2.22. The largest absolute Gasteiger partial charge is 0.508 e. The number of nitrogens with one attached hydrogen (secondary N) is 1. The van der Waals surface area contributed by atoms with Crippen LogP contribution in [0, 0.1) is 6.92 Å². The monoisotopic (exact) mass is 280 g/mol. The molecule has 0 fully saturated rings. The summed E-state index contributed by atoms with van der Waals surface area (Å²) in [4.78, 5) is 11.6. The number of aromatic hydroxyl groups is 1. The summed E-state index contributed by atoms with van der Waals surface area (Å²) in [5.74, 6) is 0.173. The molecular formula is C15H24N2O3. The number of phenols is 1. The van der Waals surface area contributed by atoms with Gasteiger partial charge in [-0.3, -0.25) is 0 Å². The molecule has 4 N–H and O–H groups in total. The number of carbonyl (C=O) groups excluding carboxylic acids is 1. The van der Waals surface area contributed by atoms with E-state index in [2.05, 4.69) is 5.32 Å². The lowest BCUT2D eigenvalue weighted by molar-refractivity contribution is 0.0525. The third-order valence-corrected chi connectivity index (χ3v) is 2.88. The van der Waals surface area contributed by atoms with E-state index in [1.807, 2.05) is 39.8 Å². The Bertz CT molecular complexity index is 467. The molecule has 112 valence electrons. The summed E-state index contributed by atoms with van der Waals surface area (Å²) in [6.07, 6.45) is -0.465.